The van der Waals surface area contributed by atoms with E-state index in [1.807, 2.05) is 0 Å². The molecule has 0 atom stereocenters. The van der Waals surface area contributed by atoms with Gasteiger partial charge in [0, 0.05) is 6.61 Å². The molecule has 0 saturated heterocycles. The maximum absolute atomic E-state index is 8.07. The van der Waals surface area contributed by atoms with E-state index in [1.54, 1.807) is 0 Å². The summed E-state index contributed by atoms with van der Waals surface area (Å²) in [5.41, 5.74) is 0. The first-order valence-electron chi connectivity index (χ1n) is 4.02. The summed E-state index contributed by atoms with van der Waals surface area (Å²) in [5, 5.41) is 8.07. The van der Waals surface area contributed by atoms with E-state index in [-0.39, 0.29) is 0 Å². The molecule has 0 aromatic rings. The van der Waals surface area contributed by atoms with Crippen molar-refractivity contribution in [2.75, 3.05) is 6.61 Å². The summed E-state index contributed by atoms with van der Waals surface area (Å²) in [4.78, 5) is 0. The molecular formula is C8H19NaO. The average molecular weight is 154 g/mol. The molecule has 0 aromatic heterocycles. The van der Waals surface area contributed by atoms with E-state index in [0.717, 1.165) is 12.8 Å². The number of hydrogen-bond acceptors (Lipinski definition) is 1. The molecule has 0 aliphatic carbocycles. The molecule has 1 N–H and O–H groups in total. The molecule has 0 saturated carbocycles. The second kappa shape index (κ2) is 8.06. The molecule has 0 spiro atoms. The van der Waals surface area contributed by atoms with Crippen LogP contribution >= 0.6 is 0 Å². The van der Waals surface area contributed by atoms with Crippen molar-refractivity contribution in [3.8, 4) is 0 Å². The maximum atomic E-state index is 8.07. The topological polar surface area (TPSA) is 20.2 Å². The zero-order chi connectivity index (χ0) is 8.62. The van der Waals surface area contributed by atoms with Crippen LogP contribution in [0.3, 0.4) is 0 Å². The van der Waals surface area contributed by atoms with Gasteiger partial charge in [-0.2, -0.15) is 0 Å². The van der Waals surface area contributed by atoms with E-state index < -0.39 is 0 Å². The van der Waals surface area contributed by atoms with Gasteiger partial charge in [0.2, 0.25) is 0 Å². The molecule has 0 heterocycles. The van der Waals surface area contributed by atoms with Crippen molar-refractivity contribution in [1.82, 2.24) is 0 Å². The van der Waals surface area contributed by atoms with Crippen molar-refractivity contribution < 1.29 is 5.11 Å². The van der Waals surface area contributed by atoms with Crippen molar-refractivity contribution in [2.45, 2.75) is 43.2 Å². The average Bonchev–Trinajstić information content (AvgIpc) is 1.63. The minimum atomic E-state index is 0.344. The summed E-state index contributed by atoms with van der Waals surface area (Å²) in [6.45, 7) is 9.14. The van der Waals surface area contributed by atoms with Gasteiger partial charge >= 0.3 is 51.4 Å². The Morgan fingerprint density at radius 2 is 1.60 bits per heavy atom. The normalized spacial score (nSPS) is 10.3. The summed E-state index contributed by atoms with van der Waals surface area (Å²) in [5.74, 6) is 0. The van der Waals surface area contributed by atoms with Crippen LogP contribution in [0.4, 0.5) is 0 Å². The van der Waals surface area contributed by atoms with E-state index in [2.05, 4.69) is 27.7 Å². The van der Waals surface area contributed by atoms with Gasteiger partial charge in [-0.05, 0) is 6.42 Å². The van der Waals surface area contributed by atoms with Gasteiger partial charge in [-0.25, -0.2) is 0 Å². The van der Waals surface area contributed by atoms with Crippen molar-refractivity contribution in [3.05, 3.63) is 0 Å². The molecule has 58 valence electrons. The molecule has 0 aliphatic rings. The SMILES string of the molecule is CCCCO.C[C](C)(C)[Na]. The van der Waals surface area contributed by atoms with Crippen molar-refractivity contribution >= 4 is 27.9 Å². The van der Waals surface area contributed by atoms with Crippen molar-refractivity contribution in [3.63, 3.8) is 0 Å². The Balaban J connectivity index is 0. The van der Waals surface area contributed by atoms with Gasteiger partial charge in [0.05, 0.1) is 0 Å². The summed E-state index contributed by atoms with van der Waals surface area (Å²) in [7, 11) is 0. The molecule has 0 fully saturated rings. The number of hydrogen-bond donors (Lipinski definition) is 1. The van der Waals surface area contributed by atoms with Crippen LogP contribution in [0, 0.1) is 0 Å². The fourth-order valence-electron chi connectivity index (χ4n) is 0.158. The second-order valence-corrected chi connectivity index (χ2v) is 7.08. The number of rotatable bonds is 2. The monoisotopic (exact) mass is 154 g/mol. The molecule has 0 rings (SSSR count). The molecule has 0 radical (unpaired) electrons. The Bertz CT molecular complexity index is 48.8. The molecule has 0 bridgehead atoms. The van der Waals surface area contributed by atoms with Crippen LogP contribution < -0.4 is 0 Å². The van der Waals surface area contributed by atoms with E-state index in [1.165, 1.54) is 27.9 Å². The minimum absolute atomic E-state index is 0.344. The van der Waals surface area contributed by atoms with E-state index in [0.29, 0.717) is 9.27 Å². The molecule has 1 nitrogen and oxygen atoms in total. The van der Waals surface area contributed by atoms with Crippen LogP contribution in [0.1, 0.15) is 40.5 Å². The second-order valence-electron chi connectivity index (χ2n) is 4.08. The molecule has 2 heteroatoms. The van der Waals surface area contributed by atoms with Gasteiger partial charge in [-0.1, -0.05) is 13.3 Å². The molecule has 0 aromatic carbocycles. The van der Waals surface area contributed by atoms with Crippen LogP contribution in [0.2, 0.25) is 2.66 Å². The molecule has 0 unspecified atom stereocenters. The summed E-state index contributed by atoms with van der Waals surface area (Å²) in [6.07, 6.45) is 2.04. The Morgan fingerprint density at radius 3 is 1.60 bits per heavy atom. The third-order valence-corrected chi connectivity index (χ3v) is 0.512. The molecule has 0 aliphatic heterocycles. The Morgan fingerprint density at radius 1 is 1.30 bits per heavy atom. The summed E-state index contributed by atoms with van der Waals surface area (Å²) in [6, 6.07) is 0. The van der Waals surface area contributed by atoms with Crippen molar-refractivity contribution in [2.24, 2.45) is 0 Å². The molecule has 10 heavy (non-hydrogen) atoms. The van der Waals surface area contributed by atoms with E-state index in [9.17, 15) is 0 Å². The van der Waals surface area contributed by atoms with Gasteiger partial charge in [0.15, 0.2) is 0 Å². The van der Waals surface area contributed by atoms with Gasteiger partial charge < -0.3 is 5.11 Å². The quantitative estimate of drug-likeness (QED) is 0.604. The first-order chi connectivity index (χ1) is 4.41. The van der Waals surface area contributed by atoms with Crippen LogP contribution in [0.25, 0.3) is 0 Å². The summed E-state index contributed by atoms with van der Waals surface area (Å²) < 4.78 is 0.639. The predicted octanol–water partition coefficient (Wildman–Crippen LogP) is 2.15. The van der Waals surface area contributed by atoms with Gasteiger partial charge in [-0.15, -0.1) is 0 Å². The zero-order valence-electron chi connectivity index (χ0n) is 8.07. The number of aliphatic hydroxyl groups is 1. The zero-order valence-corrected chi connectivity index (χ0v) is 10.1. The summed E-state index contributed by atoms with van der Waals surface area (Å²) >= 11 is 1.31. The number of unbranched alkanes of at least 4 members (excludes halogenated alkanes) is 1. The third kappa shape index (κ3) is 64.8. The van der Waals surface area contributed by atoms with Gasteiger partial charge in [0.1, 0.15) is 0 Å². The fourth-order valence-corrected chi connectivity index (χ4v) is 0.158. The first kappa shape index (κ1) is 13.5. The Kier molecular flexibility index (Phi) is 10.9. The van der Waals surface area contributed by atoms with Gasteiger partial charge in [0.25, 0.3) is 0 Å². The molecule has 0 amide bonds. The Labute approximate surface area is 82.6 Å². The number of aliphatic hydroxyl groups excluding tert-OH is 1. The fraction of sp³-hybridized carbons (Fsp3) is 1.00. The first-order valence-corrected chi connectivity index (χ1v) is 5.02. The van der Waals surface area contributed by atoms with Crippen LogP contribution in [0.5, 0.6) is 0 Å². The standard InChI is InChI=1S/C4H10O.C4H9.Na/c1-2-3-4-5;1-4(2)3;/h5H,2-4H2,1H3;1-3H3;. The molecular weight excluding hydrogens is 135 g/mol. The van der Waals surface area contributed by atoms with E-state index >= 15 is 0 Å². The third-order valence-electron chi connectivity index (χ3n) is 0.512. The Hall–Kier alpha value is 0.960. The van der Waals surface area contributed by atoms with E-state index in [4.69, 9.17) is 5.11 Å². The van der Waals surface area contributed by atoms with Crippen LogP contribution in [-0.4, -0.2) is 39.6 Å². The predicted molar refractivity (Wildman–Crippen MR) is 47.5 cm³/mol. The van der Waals surface area contributed by atoms with Gasteiger partial charge in [-0.3, -0.25) is 0 Å². The van der Waals surface area contributed by atoms with Crippen molar-refractivity contribution in [1.29, 1.82) is 0 Å². The van der Waals surface area contributed by atoms with Crippen LogP contribution in [0.15, 0.2) is 0 Å². The van der Waals surface area contributed by atoms with Crippen LogP contribution in [-0.2, 0) is 0 Å².